The van der Waals surface area contributed by atoms with Gasteiger partial charge in [-0.3, -0.25) is 14.5 Å². The summed E-state index contributed by atoms with van der Waals surface area (Å²) >= 11 is 0. The Hall–Kier alpha value is -2.97. The van der Waals surface area contributed by atoms with E-state index in [0.29, 0.717) is 0 Å². The van der Waals surface area contributed by atoms with Crippen LogP contribution in [-0.2, 0) is 9.59 Å². The van der Waals surface area contributed by atoms with Crippen LogP contribution in [0.5, 0.6) is 0 Å². The summed E-state index contributed by atoms with van der Waals surface area (Å²) in [5, 5.41) is 5.05. The van der Waals surface area contributed by atoms with E-state index >= 15 is 0 Å². The second-order valence-electron chi connectivity index (χ2n) is 7.98. The number of anilines is 2. The zero-order valence-corrected chi connectivity index (χ0v) is 18.3. The minimum atomic E-state index is -0.884. The normalized spacial score (nSPS) is 15.9. The van der Waals surface area contributed by atoms with E-state index in [-0.39, 0.29) is 18.3 Å². The second kappa shape index (κ2) is 10.4. The highest BCUT2D eigenvalue weighted by molar-refractivity contribution is 6.39. The van der Waals surface area contributed by atoms with Gasteiger partial charge in [-0.05, 0) is 36.9 Å². The van der Waals surface area contributed by atoms with Crippen molar-refractivity contribution in [2.24, 2.45) is 0 Å². The summed E-state index contributed by atoms with van der Waals surface area (Å²) in [4.78, 5) is 31.2. The molecule has 0 aromatic heterocycles. The number of rotatable bonds is 6. The number of hydrogen-bond acceptors (Lipinski definition) is 5. The van der Waals surface area contributed by atoms with Crippen molar-refractivity contribution in [3.8, 4) is 0 Å². The third-order valence-corrected chi connectivity index (χ3v) is 5.56. The van der Waals surface area contributed by atoms with Crippen LogP contribution in [0.1, 0.15) is 11.6 Å². The summed E-state index contributed by atoms with van der Waals surface area (Å²) in [6, 6.07) is 13.9. The molecule has 31 heavy (non-hydrogen) atoms. The van der Waals surface area contributed by atoms with E-state index in [1.807, 2.05) is 31.1 Å². The van der Waals surface area contributed by atoms with Gasteiger partial charge in [0.25, 0.3) is 0 Å². The van der Waals surface area contributed by atoms with Gasteiger partial charge in [-0.1, -0.05) is 24.3 Å². The zero-order valence-electron chi connectivity index (χ0n) is 18.3. The molecule has 0 saturated carbocycles. The Labute approximate surface area is 182 Å². The summed E-state index contributed by atoms with van der Waals surface area (Å²) < 4.78 is 13.8. The van der Waals surface area contributed by atoms with E-state index in [2.05, 4.69) is 39.6 Å². The first kappa shape index (κ1) is 22.7. The number of nitrogens with one attached hydrogen (secondary N) is 2. The number of piperazine rings is 1. The van der Waals surface area contributed by atoms with Crippen molar-refractivity contribution in [2.75, 3.05) is 64.1 Å². The predicted octanol–water partition coefficient (Wildman–Crippen LogP) is 1.94. The molecule has 2 amide bonds. The largest absolute Gasteiger partial charge is 0.378 e. The van der Waals surface area contributed by atoms with Crippen LogP contribution in [-0.4, -0.2) is 75.5 Å². The van der Waals surface area contributed by atoms with E-state index in [1.165, 1.54) is 18.2 Å². The van der Waals surface area contributed by atoms with Crippen LogP contribution < -0.4 is 15.5 Å². The molecule has 8 heteroatoms. The number of likely N-dealkylation sites (N-methyl/N-ethyl adjacent to an activating group) is 1. The number of hydrogen-bond donors (Lipinski definition) is 2. The van der Waals surface area contributed by atoms with Crippen LogP contribution in [0.2, 0.25) is 0 Å². The van der Waals surface area contributed by atoms with Gasteiger partial charge in [0.2, 0.25) is 0 Å². The van der Waals surface area contributed by atoms with Crippen molar-refractivity contribution >= 4 is 23.2 Å². The molecular formula is C23H30FN5O2. The highest BCUT2D eigenvalue weighted by atomic mass is 19.1. The first-order valence-corrected chi connectivity index (χ1v) is 10.4. The molecule has 1 saturated heterocycles. The fraction of sp³-hybridized carbons (Fsp3) is 0.391. The molecule has 166 valence electrons. The SMILES string of the molecule is CN1CCN([C@@H](CNC(=O)C(=O)Nc2ccccc2F)c2ccc(N(C)C)cc2)CC1. The van der Waals surface area contributed by atoms with E-state index in [0.717, 1.165) is 37.4 Å². The van der Waals surface area contributed by atoms with Gasteiger partial charge < -0.3 is 20.4 Å². The zero-order chi connectivity index (χ0) is 22.4. The van der Waals surface area contributed by atoms with E-state index in [1.54, 1.807) is 6.07 Å². The van der Waals surface area contributed by atoms with E-state index < -0.39 is 17.6 Å². The highest BCUT2D eigenvalue weighted by Gasteiger charge is 2.25. The lowest BCUT2D eigenvalue weighted by atomic mass is 10.0. The Morgan fingerprint density at radius 1 is 1.00 bits per heavy atom. The molecule has 1 heterocycles. The minimum absolute atomic E-state index is 0.0162. The van der Waals surface area contributed by atoms with Crippen molar-refractivity contribution in [3.05, 3.63) is 59.9 Å². The third kappa shape index (κ3) is 6.02. The monoisotopic (exact) mass is 427 g/mol. The number of para-hydroxylation sites is 1. The molecule has 0 bridgehead atoms. The summed E-state index contributed by atoms with van der Waals surface area (Å²) in [5.74, 6) is -2.25. The highest BCUT2D eigenvalue weighted by Crippen LogP contribution is 2.24. The van der Waals surface area contributed by atoms with Gasteiger partial charge in [0, 0.05) is 52.5 Å². The van der Waals surface area contributed by atoms with E-state index in [9.17, 15) is 14.0 Å². The molecule has 0 aliphatic carbocycles. The second-order valence-corrected chi connectivity index (χ2v) is 7.98. The Morgan fingerprint density at radius 2 is 1.65 bits per heavy atom. The van der Waals surface area contributed by atoms with Gasteiger partial charge >= 0.3 is 11.8 Å². The molecule has 1 fully saturated rings. The summed E-state index contributed by atoms with van der Waals surface area (Å²) in [7, 11) is 6.07. The van der Waals surface area contributed by atoms with Gasteiger partial charge in [0.05, 0.1) is 11.7 Å². The lowest BCUT2D eigenvalue weighted by Crippen LogP contribution is -2.49. The summed E-state index contributed by atoms with van der Waals surface area (Å²) in [6.45, 7) is 3.90. The van der Waals surface area contributed by atoms with Crippen LogP contribution in [0.3, 0.4) is 0 Å². The number of nitrogens with zero attached hydrogens (tertiary/aromatic N) is 3. The van der Waals surface area contributed by atoms with Crippen molar-refractivity contribution < 1.29 is 14.0 Å². The number of benzene rings is 2. The van der Waals surface area contributed by atoms with Crippen molar-refractivity contribution in [3.63, 3.8) is 0 Å². The Bertz CT molecular complexity index is 895. The fourth-order valence-electron chi connectivity index (χ4n) is 3.60. The molecule has 3 rings (SSSR count). The van der Waals surface area contributed by atoms with Gasteiger partial charge in [0.15, 0.2) is 0 Å². The van der Waals surface area contributed by atoms with Crippen LogP contribution in [0, 0.1) is 5.82 Å². The number of carbonyl (C=O) groups is 2. The maximum absolute atomic E-state index is 13.8. The van der Waals surface area contributed by atoms with Crippen LogP contribution in [0.15, 0.2) is 48.5 Å². The first-order chi connectivity index (χ1) is 14.8. The average molecular weight is 428 g/mol. The lowest BCUT2D eigenvalue weighted by molar-refractivity contribution is -0.136. The number of amides is 2. The molecule has 2 aromatic rings. The molecule has 7 nitrogen and oxygen atoms in total. The molecule has 0 radical (unpaired) electrons. The third-order valence-electron chi connectivity index (χ3n) is 5.56. The molecule has 0 unspecified atom stereocenters. The van der Waals surface area contributed by atoms with Crippen molar-refractivity contribution in [1.82, 2.24) is 15.1 Å². The topological polar surface area (TPSA) is 67.9 Å². The number of carbonyl (C=O) groups excluding carboxylic acids is 2. The molecule has 2 N–H and O–H groups in total. The molecular weight excluding hydrogens is 397 g/mol. The molecule has 2 aromatic carbocycles. The van der Waals surface area contributed by atoms with E-state index in [4.69, 9.17) is 0 Å². The van der Waals surface area contributed by atoms with Crippen LogP contribution >= 0.6 is 0 Å². The molecule has 1 aliphatic rings. The summed E-state index contributed by atoms with van der Waals surface area (Å²) in [5.41, 5.74) is 2.15. The molecule has 0 spiro atoms. The maximum Gasteiger partial charge on any atom is 0.313 e. The Balaban J connectivity index is 1.68. The van der Waals surface area contributed by atoms with Gasteiger partial charge in [-0.2, -0.15) is 0 Å². The quantitative estimate of drug-likeness (QED) is 0.690. The predicted molar refractivity (Wildman–Crippen MR) is 121 cm³/mol. The molecule has 1 atom stereocenters. The van der Waals surface area contributed by atoms with Gasteiger partial charge in [-0.25, -0.2) is 4.39 Å². The maximum atomic E-state index is 13.8. The van der Waals surface area contributed by atoms with Crippen molar-refractivity contribution in [2.45, 2.75) is 6.04 Å². The van der Waals surface area contributed by atoms with Crippen LogP contribution in [0.4, 0.5) is 15.8 Å². The minimum Gasteiger partial charge on any atom is -0.378 e. The molecule has 1 aliphatic heterocycles. The fourth-order valence-corrected chi connectivity index (χ4v) is 3.60. The summed E-state index contributed by atoms with van der Waals surface area (Å²) in [6.07, 6.45) is 0. The first-order valence-electron chi connectivity index (χ1n) is 10.4. The van der Waals surface area contributed by atoms with Gasteiger partial charge in [-0.15, -0.1) is 0 Å². The van der Waals surface area contributed by atoms with Crippen molar-refractivity contribution in [1.29, 1.82) is 0 Å². The Kier molecular flexibility index (Phi) is 7.59. The lowest BCUT2D eigenvalue weighted by Gasteiger charge is -2.38. The van der Waals surface area contributed by atoms with Gasteiger partial charge in [0.1, 0.15) is 5.82 Å². The smallest absolute Gasteiger partial charge is 0.313 e. The van der Waals surface area contributed by atoms with Crippen LogP contribution in [0.25, 0.3) is 0 Å². The average Bonchev–Trinajstić information content (AvgIpc) is 2.76. The standard InChI is InChI=1S/C23H30FN5O2/c1-27(2)18-10-8-17(9-11-18)21(29-14-12-28(3)13-15-29)16-25-22(30)23(31)26-20-7-5-4-6-19(20)24/h4-11,21H,12-16H2,1-3H3,(H,25,30)(H,26,31)/t21-/m0/s1. The number of halogens is 1. The Morgan fingerprint density at radius 3 is 2.26 bits per heavy atom.